The van der Waals surface area contributed by atoms with E-state index in [4.69, 9.17) is 4.74 Å². The van der Waals surface area contributed by atoms with E-state index in [1.54, 1.807) is 6.92 Å². The molecular weight excluding hydrogens is 243 g/mol. The third-order valence-electron chi connectivity index (χ3n) is 3.90. The van der Waals surface area contributed by atoms with E-state index in [-0.39, 0.29) is 5.82 Å². The Kier molecular flexibility index (Phi) is 3.19. The molecule has 1 aromatic heterocycles. The minimum absolute atomic E-state index is 0.204. The molecule has 1 N–H and O–H groups in total. The molecule has 3 rings (SSSR count). The first kappa shape index (κ1) is 12.5. The molecule has 1 aliphatic rings. The molecule has 102 valence electrons. The van der Waals surface area contributed by atoms with Crippen LogP contribution in [-0.4, -0.2) is 36.6 Å². The third-order valence-corrected chi connectivity index (χ3v) is 3.90. The number of H-pyrrole nitrogens is 1. The Hall–Kier alpha value is -1.55. The fourth-order valence-electron chi connectivity index (χ4n) is 2.71. The van der Waals surface area contributed by atoms with Gasteiger partial charge in [-0.1, -0.05) is 0 Å². The highest BCUT2D eigenvalue weighted by atomic mass is 19.1. The lowest BCUT2D eigenvalue weighted by molar-refractivity contribution is 0.262. The van der Waals surface area contributed by atoms with Crippen LogP contribution in [-0.2, 0) is 6.42 Å². The van der Waals surface area contributed by atoms with Gasteiger partial charge in [0, 0.05) is 36.3 Å². The highest BCUT2D eigenvalue weighted by Gasteiger charge is 2.17. The van der Waals surface area contributed by atoms with E-state index in [0.29, 0.717) is 17.9 Å². The molecule has 2 heterocycles. The maximum atomic E-state index is 13.9. The molecule has 19 heavy (non-hydrogen) atoms. The number of likely N-dealkylation sites (N-methyl/N-ethyl adjacent to an activating group) is 1. The van der Waals surface area contributed by atoms with Gasteiger partial charge in [-0.05, 0) is 32.4 Å². The molecule has 1 aliphatic heterocycles. The fourth-order valence-corrected chi connectivity index (χ4v) is 2.71. The van der Waals surface area contributed by atoms with Gasteiger partial charge < -0.3 is 14.6 Å². The number of aromatic nitrogens is 1. The number of rotatable bonds is 0. The summed E-state index contributed by atoms with van der Waals surface area (Å²) in [6, 6.07) is 1.53. The summed E-state index contributed by atoms with van der Waals surface area (Å²) < 4.78 is 19.7. The Labute approximate surface area is 112 Å². The van der Waals surface area contributed by atoms with Crippen LogP contribution < -0.4 is 4.74 Å². The predicted molar refractivity (Wildman–Crippen MR) is 74.3 cm³/mol. The van der Waals surface area contributed by atoms with Crippen LogP contribution in [0.15, 0.2) is 12.3 Å². The van der Waals surface area contributed by atoms with Crippen molar-refractivity contribution in [1.82, 2.24) is 9.88 Å². The van der Waals surface area contributed by atoms with Crippen molar-refractivity contribution < 1.29 is 9.13 Å². The van der Waals surface area contributed by atoms with E-state index in [9.17, 15) is 4.39 Å². The number of aryl methyl sites for hydroxylation is 1. The number of ether oxygens (including phenoxy) is 1. The first-order valence-electron chi connectivity index (χ1n) is 6.77. The Morgan fingerprint density at radius 2 is 2.21 bits per heavy atom. The number of nitrogens with one attached hydrogen (secondary N) is 1. The average molecular weight is 262 g/mol. The molecule has 0 atom stereocenters. The molecule has 0 fully saturated rings. The van der Waals surface area contributed by atoms with Gasteiger partial charge in [-0.2, -0.15) is 0 Å². The predicted octanol–water partition coefficient (Wildman–Crippen LogP) is 2.87. The minimum Gasteiger partial charge on any atom is -0.493 e. The van der Waals surface area contributed by atoms with Crippen molar-refractivity contribution in [2.24, 2.45) is 0 Å². The van der Waals surface area contributed by atoms with Crippen molar-refractivity contribution in [2.45, 2.75) is 19.8 Å². The first-order valence-corrected chi connectivity index (χ1v) is 6.77. The standard InChI is InChI=1S/C15H19FN2O/c1-10-12(16)8-13-14-11(9-17-15(10)14)4-6-18(2)5-3-7-19-13/h8-9,17H,3-7H2,1-2H3. The summed E-state index contributed by atoms with van der Waals surface area (Å²) in [5, 5.41) is 1.05. The molecule has 3 nitrogen and oxygen atoms in total. The first-order chi connectivity index (χ1) is 9.16. The van der Waals surface area contributed by atoms with Crippen LogP contribution in [0, 0.1) is 12.7 Å². The summed E-state index contributed by atoms with van der Waals surface area (Å²) in [4.78, 5) is 5.51. The summed E-state index contributed by atoms with van der Waals surface area (Å²) in [6.45, 7) is 4.46. The SMILES string of the molecule is Cc1c(F)cc2c3c(c[nH]c13)CCN(C)CCCO2. The highest BCUT2D eigenvalue weighted by molar-refractivity contribution is 5.91. The maximum Gasteiger partial charge on any atom is 0.131 e. The van der Waals surface area contributed by atoms with Crippen LogP contribution in [0.1, 0.15) is 17.5 Å². The summed E-state index contributed by atoms with van der Waals surface area (Å²) in [6.07, 6.45) is 3.91. The Morgan fingerprint density at radius 3 is 3.05 bits per heavy atom. The second kappa shape index (κ2) is 4.85. The van der Waals surface area contributed by atoms with Crippen molar-refractivity contribution in [3.05, 3.63) is 29.2 Å². The summed E-state index contributed by atoms with van der Waals surface area (Å²) in [5.74, 6) is 0.476. The molecule has 2 aromatic rings. The van der Waals surface area contributed by atoms with Crippen molar-refractivity contribution in [3.63, 3.8) is 0 Å². The van der Waals surface area contributed by atoms with Gasteiger partial charge >= 0.3 is 0 Å². The number of halogens is 1. The van der Waals surface area contributed by atoms with Crippen LogP contribution in [0.5, 0.6) is 5.75 Å². The van der Waals surface area contributed by atoms with E-state index >= 15 is 0 Å². The lowest BCUT2D eigenvalue weighted by atomic mass is 10.1. The number of hydrogen-bond acceptors (Lipinski definition) is 2. The number of benzene rings is 1. The maximum absolute atomic E-state index is 13.9. The molecule has 0 unspecified atom stereocenters. The summed E-state index contributed by atoms with van der Waals surface area (Å²) in [5.41, 5.74) is 2.74. The largest absolute Gasteiger partial charge is 0.493 e. The molecule has 0 saturated carbocycles. The van der Waals surface area contributed by atoms with Crippen LogP contribution in [0.3, 0.4) is 0 Å². The van der Waals surface area contributed by atoms with Gasteiger partial charge in [0.2, 0.25) is 0 Å². The smallest absolute Gasteiger partial charge is 0.131 e. The highest BCUT2D eigenvalue weighted by Crippen LogP contribution is 2.33. The quantitative estimate of drug-likeness (QED) is 0.790. The number of nitrogens with zero attached hydrogens (tertiary/aromatic N) is 1. The molecule has 0 saturated heterocycles. The zero-order chi connectivity index (χ0) is 13.4. The summed E-state index contributed by atoms with van der Waals surface area (Å²) >= 11 is 0. The molecular formula is C15H19FN2O. The summed E-state index contributed by atoms with van der Waals surface area (Å²) in [7, 11) is 2.13. The zero-order valence-electron chi connectivity index (χ0n) is 11.4. The van der Waals surface area contributed by atoms with Crippen molar-refractivity contribution in [3.8, 4) is 5.75 Å². The minimum atomic E-state index is -0.204. The number of aromatic amines is 1. The lowest BCUT2D eigenvalue weighted by Gasteiger charge is -2.19. The normalized spacial score (nSPS) is 17.4. The van der Waals surface area contributed by atoms with Crippen molar-refractivity contribution in [2.75, 3.05) is 26.7 Å². The molecule has 0 radical (unpaired) electrons. The average Bonchev–Trinajstić information content (AvgIpc) is 2.82. The lowest BCUT2D eigenvalue weighted by Crippen LogP contribution is -2.24. The molecule has 4 heteroatoms. The topological polar surface area (TPSA) is 28.3 Å². The molecule has 1 aromatic carbocycles. The van der Waals surface area contributed by atoms with Crippen LogP contribution in [0.4, 0.5) is 4.39 Å². The van der Waals surface area contributed by atoms with Gasteiger partial charge in [-0.15, -0.1) is 0 Å². The molecule has 0 amide bonds. The van der Waals surface area contributed by atoms with E-state index in [0.717, 1.165) is 36.8 Å². The van der Waals surface area contributed by atoms with Gasteiger partial charge in [0.05, 0.1) is 12.1 Å². The zero-order valence-corrected chi connectivity index (χ0v) is 11.4. The van der Waals surface area contributed by atoms with Gasteiger partial charge in [0.25, 0.3) is 0 Å². The number of hydrogen-bond donors (Lipinski definition) is 1. The second-order valence-corrected chi connectivity index (χ2v) is 5.30. The Morgan fingerprint density at radius 1 is 1.37 bits per heavy atom. The fraction of sp³-hybridized carbons (Fsp3) is 0.467. The Balaban J connectivity index is 2.14. The van der Waals surface area contributed by atoms with E-state index in [1.165, 1.54) is 11.6 Å². The van der Waals surface area contributed by atoms with Crippen molar-refractivity contribution >= 4 is 10.9 Å². The molecule has 0 spiro atoms. The van der Waals surface area contributed by atoms with Gasteiger partial charge in [-0.3, -0.25) is 0 Å². The second-order valence-electron chi connectivity index (χ2n) is 5.30. The third kappa shape index (κ3) is 2.21. The van der Waals surface area contributed by atoms with Gasteiger partial charge in [0.15, 0.2) is 0 Å². The van der Waals surface area contributed by atoms with E-state index in [2.05, 4.69) is 16.9 Å². The monoisotopic (exact) mass is 262 g/mol. The Bertz CT molecular complexity index is 606. The van der Waals surface area contributed by atoms with E-state index < -0.39 is 0 Å². The van der Waals surface area contributed by atoms with Gasteiger partial charge in [0.1, 0.15) is 11.6 Å². The van der Waals surface area contributed by atoms with Crippen LogP contribution >= 0.6 is 0 Å². The molecule has 0 aliphatic carbocycles. The van der Waals surface area contributed by atoms with Crippen LogP contribution in [0.25, 0.3) is 10.9 Å². The van der Waals surface area contributed by atoms with Crippen LogP contribution in [0.2, 0.25) is 0 Å². The van der Waals surface area contributed by atoms with Gasteiger partial charge in [-0.25, -0.2) is 4.39 Å². The van der Waals surface area contributed by atoms with Crippen molar-refractivity contribution in [1.29, 1.82) is 0 Å². The molecule has 0 bridgehead atoms. The van der Waals surface area contributed by atoms with E-state index in [1.807, 2.05) is 6.20 Å².